The number of carbonyl (C=O) groups is 1. The molecule has 1 aromatic heterocycles. The van der Waals surface area contributed by atoms with Gasteiger partial charge in [-0.2, -0.15) is 0 Å². The van der Waals surface area contributed by atoms with E-state index >= 15 is 0 Å². The molecule has 112 valence electrons. The zero-order chi connectivity index (χ0) is 14.7. The van der Waals surface area contributed by atoms with Gasteiger partial charge in [0.05, 0.1) is 0 Å². The molecule has 1 aromatic carbocycles. The second kappa shape index (κ2) is 6.28. The number of rotatable bonds is 5. The van der Waals surface area contributed by atoms with E-state index < -0.39 is 0 Å². The van der Waals surface area contributed by atoms with Crippen LogP contribution in [0.3, 0.4) is 0 Å². The first-order chi connectivity index (χ1) is 10.2. The summed E-state index contributed by atoms with van der Waals surface area (Å²) in [5.74, 6) is 0.879. The third-order valence-electron chi connectivity index (χ3n) is 4.09. The fraction of sp³-hybridized carbons (Fsp3) is 0.438. The fourth-order valence-corrected chi connectivity index (χ4v) is 2.74. The van der Waals surface area contributed by atoms with E-state index in [0.717, 1.165) is 30.4 Å². The minimum atomic E-state index is -0.137. The second-order valence-corrected chi connectivity index (χ2v) is 5.62. The molecule has 1 aliphatic heterocycles. The molecule has 1 amide bonds. The molecule has 3 rings (SSSR count). The molecule has 1 fully saturated rings. The predicted molar refractivity (Wildman–Crippen MR) is 81.9 cm³/mol. The summed E-state index contributed by atoms with van der Waals surface area (Å²) in [5, 5.41) is 3.88. The Kier molecular flexibility index (Phi) is 4.22. The topological polar surface area (TPSA) is 66.3 Å². The number of para-hydroxylation sites is 1. The van der Waals surface area contributed by atoms with Gasteiger partial charge in [-0.3, -0.25) is 15.6 Å². The van der Waals surface area contributed by atoms with Crippen LogP contribution >= 0.6 is 0 Å². The summed E-state index contributed by atoms with van der Waals surface area (Å²) in [6.45, 7) is 3.86. The molecule has 21 heavy (non-hydrogen) atoms. The summed E-state index contributed by atoms with van der Waals surface area (Å²) in [6.07, 6.45) is 2.08. The zero-order valence-corrected chi connectivity index (χ0v) is 12.2. The number of hydrazine groups is 1. The standard InChI is InChI=1S/C16H21N3O2/c1-11-13(10-18-19-11)6-4-8-17-16(20)15-9-12-5-2-3-7-14(12)21-15/h2-3,5,7,9,11,13,18-19H,4,6,8,10H2,1H3,(H,17,20). The van der Waals surface area contributed by atoms with Crippen LogP contribution in [0.5, 0.6) is 0 Å². The van der Waals surface area contributed by atoms with Crippen LogP contribution in [0, 0.1) is 5.92 Å². The highest BCUT2D eigenvalue weighted by molar-refractivity contribution is 5.95. The normalized spacial score (nSPS) is 21.8. The van der Waals surface area contributed by atoms with Gasteiger partial charge < -0.3 is 9.73 Å². The Morgan fingerprint density at radius 3 is 3.05 bits per heavy atom. The van der Waals surface area contributed by atoms with Gasteiger partial charge in [0.2, 0.25) is 0 Å². The Hall–Kier alpha value is -1.85. The first-order valence-electron chi connectivity index (χ1n) is 7.49. The van der Waals surface area contributed by atoms with Gasteiger partial charge in [0.1, 0.15) is 5.58 Å². The van der Waals surface area contributed by atoms with E-state index in [1.165, 1.54) is 0 Å². The molecule has 1 saturated heterocycles. The highest BCUT2D eigenvalue weighted by Crippen LogP contribution is 2.18. The molecule has 0 spiro atoms. The number of furan rings is 1. The molecule has 1 aliphatic rings. The van der Waals surface area contributed by atoms with Crippen molar-refractivity contribution in [3.8, 4) is 0 Å². The average Bonchev–Trinajstić information content (AvgIpc) is 3.09. The van der Waals surface area contributed by atoms with Crippen molar-refractivity contribution < 1.29 is 9.21 Å². The molecule has 2 aromatic rings. The van der Waals surface area contributed by atoms with E-state index in [-0.39, 0.29) is 5.91 Å². The molecular weight excluding hydrogens is 266 g/mol. The Labute approximate surface area is 124 Å². The van der Waals surface area contributed by atoms with Crippen LogP contribution in [0.15, 0.2) is 34.7 Å². The number of nitrogens with one attached hydrogen (secondary N) is 3. The van der Waals surface area contributed by atoms with Crippen molar-refractivity contribution in [3.63, 3.8) is 0 Å². The van der Waals surface area contributed by atoms with Gasteiger partial charge in [-0.1, -0.05) is 18.2 Å². The van der Waals surface area contributed by atoms with Crippen molar-refractivity contribution in [1.82, 2.24) is 16.2 Å². The van der Waals surface area contributed by atoms with Crippen LogP contribution in [0.25, 0.3) is 11.0 Å². The van der Waals surface area contributed by atoms with E-state index in [2.05, 4.69) is 23.1 Å². The smallest absolute Gasteiger partial charge is 0.287 e. The number of fused-ring (bicyclic) bond motifs is 1. The lowest BCUT2D eigenvalue weighted by Gasteiger charge is -2.13. The van der Waals surface area contributed by atoms with Crippen molar-refractivity contribution in [3.05, 3.63) is 36.1 Å². The van der Waals surface area contributed by atoms with Crippen molar-refractivity contribution in [2.45, 2.75) is 25.8 Å². The Balaban J connectivity index is 1.47. The van der Waals surface area contributed by atoms with Gasteiger partial charge in [0.15, 0.2) is 5.76 Å². The molecule has 2 heterocycles. The van der Waals surface area contributed by atoms with Gasteiger partial charge >= 0.3 is 0 Å². The number of hydrogen-bond donors (Lipinski definition) is 3. The minimum Gasteiger partial charge on any atom is -0.451 e. The highest BCUT2D eigenvalue weighted by Gasteiger charge is 2.21. The van der Waals surface area contributed by atoms with Crippen LogP contribution in [0.2, 0.25) is 0 Å². The van der Waals surface area contributed by atoms with Crippen molar-refractivity contribution in [2.24, 2.45) is 5.92 Å². The minimum absolute atomic E-state index is 0.137. The summed E-state index contributed by atoms with van der Waals surface area (Å²) in [6, 6.07) is 9.93. The lowest BCUT2D eigenvalue weighted by Crippen LogP contribution is -2.29. The fourth-order valence-electron chi connectivity index (χ4n) is 2.74. The van der Waals surface area contributed by atoms with Gasteiger partial charge in [-0.25, -0.2) is 0 Å². The third kappa shape index (κ3) is 3.25. The summed E-state index contributed by atoms with van der Waals surface area (Å²) in [4.78, 5) is 12.0. The summed E-state index contributed by atoms with van der Waals surface area (Å²) < 4.78 is 5.55. The summed E-state index contributed by atoms with van der Waals surface area (Å²) in [5.41, 5.74) is 7.12. The molecule has 2 unspecified atom stereocenters. The van der Waals surface area contributed by atoms with Crippen LogP contribution in [-0.4, -0.2) is 25.0 Å². The molecule has 0 saturated carbocycles. The predicted octanol–water partition coefficient (Wildman–Crippen LogP) is 2.06. The second-order valence-electron chi connectivity index (χ2n) is 5.62. The summed E-state index contributed by atoms with van der Waals surface area (Å²) >= 11 is 0. The maximum absolute atomic E-state index is 12.0. The van der Waals surface area contributed by atoms with Gasteiger partial charge in [0.25, 0.3) is 5.91 Å². The molecule has 5 nitrogen and oxygen atoms in total. The Morgan fingerprint density at radius 2 is 2.29 bits per heavy atom. The van der Waals surface area contributed by atoms with Crippen LogP contribution in [0.1, 0.15) is 30.3 Å². The zero-order valence-electron chi connectivity index (χ0n) is 12.2. The molecular formula is C16H21N3O2. The molecule has 0 radical (unpaired) electrons. The van der Waals surface area contributed by atoms with Gasteiger partial charge in [0, 0.05) is 24.5 Å². The lowest BCUT2D eigenvalue weighted by molar-refractivity contribution is 0.0927. The van der Waals surface area contributed by atoms with Crippen molar-refractivity contribution in [1.29, 1.82) is 0 Å². The van der Waals surface area contributed by atoms with Crippen molar-refractivity contribution in [2.75, 3.05) is 13.1 Å². The van der Waals surface area contributed by atoms with Crippen LogP contribution in [-0.2, 0) is 0 Å². The van der Waals surface area contributed by atoms with Crippen LogP contribution < -0.4 is 16.2 Å². The van der Waals surface area contributed by atoms with E-state index in [0.29, 0.717) is 24.3 Å². The number of benzene rings is 1. The van der Waals surface area contributed by atoms with Crippen LogP contribution in [0.4, 0.5) is 0 Å². The monoisotopic (exact) mass is 287 g/mol. The average molecular weight is 287 g/mol. The summed E-state index contributed by atoms with van der Waals surface area (Å²) in [7, 11) is 0. The highest BCUT2D eigenvalue weighted by atomic mass is 16.3. The van der Waals surface area contributed by atoms with E-state index in [9.17, 15) is 4.79 Å². The maximum atomic E-state index is 12.0. The Morgan fingerprint density at radius 1 is 1.43 bits per heavy atom. The molecule has 0 aliphatic carbocycles. The van der Waals surface area contributed by atoms with E-state index in [1.54, 1.807) is 6.07 Å². The lowest BCUT2D eigenvalue weighted by atomic mass is 9.98. The molecule has 2 atom stereocenters. The largest absolute Gasteiger partial charge is 0.451 e. The molecule has 5 heteroatoms. The first-order valence-corrected chi connectivity index (χ1v) is 7.49. The number of carbonyl (C=O) groups excluding carboxylic acids is 1. The van der Waals surface area contributed by atoms with E-state index in [1.807, 2.05) is 24.3 Å². The quantitative estimate of drug-likeness (QED) is 0.736. The van der Waals surface area contributed by atoms with E-state index in [4.69, 9.17) is 4.42 Å². The maximum Gasteiger partial charge on any atom is 0.287 e. The van der Waals surface area contributed by atoms with Gasteiger partial charge in [-0.15, -0.1) is 0 Å². The molecule has 0 bridgehead atoms. The van der Waals surface area contributed by atoms with Crippen molar-refractivity contribution >= 4 is 16.9 Å². The number of amides is 1. The Bertz CT molecular complexity index is 590. The third-order valence-corrected chi connectivity index (χ3v) is 4.09. The number of hydrogen-bond acceptors (Lipinski definition) is 4. The van der Waals surface area contributed by atoms with Gasteiger partial charge in [-0.05, 0) is 37.8 Å². The molecule has 3 N–H and O–H groups in total. The SMILES string of the molecule is CC1NNCC1CCCNC(=O)c1cc2ccccc2o1. The first kappa shape index (κ1) is 14.1.